The molecule has 0 saturated carbocycles. The molecule has 2 aromatic heterocycles. The van der Waals surface area contributed by atoms with E-state index in [4.69, 9.17) is 0 Å². The van der Waals surface area contributed by atoms with Crippen molar-refractivity contribution in [3.05, 3.63) is 65.7 Å². The molecule has 0 amide bonds. The number of anilines is 1. The third kappa shape index (κ3) is 2.87. The number of H-pyrrole nitrogens is 1. The van der Waals surface area contributed by atoms with Crippen LogP contribution in [0.3, 0.4) is 0 Å². The number of benzene rings is 2. The predicted molar refractivity (Wildman–Crippen MR) is 98.7 cm³/mol. The minimum absolute atomic E-state index is 0.246. The van der Waals surface area contributed by atoms with Gasteiger partial charge in [0.05, 0.1) is 11.9 Å². The van der Waals surface area contributed by atoms with E-state index in [0.717, 1.165) is 27.7 Å². The molecule has 0 aliphatic rings. The van der Waals surface area contributed by atoms with Crippen molar-refractivity contribution in [3.63, 3.8) is 0 Å². The second-order valence-corrected chi connectivity index (χ2v) is 6.10. The fraction of sp³-hybridized carbons (Fsp3) is 0. The van der Waals surface area contributed by atoms with Crippen LogP contribution < -0.4 is 5.43 Å². The number of para-hydroxylation sites is 1. The van der Waals surface area contributed by atoms with E-state index in [1.54, 1.807) is 18.3 Å². The molecule has 0 radical (unpaired) electrons. The van der Waals surface area contributed by atoms with Crippen molar-refractivity contribution >= 4 is 33.6 Å². The molecule has 6 heteroatoms. The molecule has 0 aliphatic heterocycles. The number of hydrogen-bond donors (Lipinski definition) is 3. The highest BCUT2D eigenvalue weighted by Crippen LogP contribution is 2.26. The summed E-state index contributed by atoms with van der Waals surface area (Å²) in [5, 5.41) is 17.4. The van der Waals surface area contributed by atoms with Gasteiger partial charge in [-0.2, -0.15) is 5.10 Å². The maximum atomic E-state index is 9.34. The molecule has 24 heavy (non-hydrogen) atoms. The maximum Gasteiger partial charge on any atom is 0.203 e. The summed E-state index contributed by atoms with van der Waals surface area (Å²) in [4.78, 5) is 7.71. The second kappa shape index (κ2) is 6.17. The van der Waals surface area contributed by atoms with Crippen molar-refractivity contribution in [2.45, 2.75) is 0 Å². The van der Waals surface area contributed by atoms with E-state index < -0.39 is 0 Å². The van der Waals surface area contributed by atoms with Gasteiger partial charge in [-0.3, -0.25) is 5.43 Å². The highest BCUT2D eigenvalue weighted by Gasteiger charge is 2.04. The van der Waals surface area contributed by atoms with Gasteiger partial charge in [-0.25, -0.2) is 4.98 Å². The van der Waals surface area contributed by atoms with Crippen LogP contribution in [0.1, 0.15) is 5.56 Å². The topological polar surface area (TPSA) is 73.3 Å². The van der Waals surface area contributed by atoms with Crippen LogP contribution >= 0.6 is 11.3 Å². The first kappa shape index (κ1) is 14.5. The van der Waals surface area contributed by atoms with E-state index in [9.17, 15) is 5.11 Å². The quantitative estimate of drug-likeness (QED) is 0.381. The Hall–Kier alpha value is -3.12. The first-order valence-corrected chi connectivity index (χ1v) is 8.28. The summed E-state index contributed by atoms with van der Waals surface area (Å²) in [7, 11) is 0. The van der Waals surface area contributed by atoms with Crippen molar-refractivity contribution in [1.29, 1.82) is 0 Å². The molecule has 0 saturated heterocycles. The summed E-state index contributed by atoms with van der Waals surface area (Å²) in [5.41, 5.74) is 6.88. The van der Waals surface area contributed by atoms with Gasteiger partial charge in [0.2, 0.25) is 5.13 Å². The van der Waals surface area contributed by atoms with Crippen LogP contribution in [0.5, 0.6) is 5.75 Å². The summed E-state index contributed by atoms with van der Waals surface area (Å²) in [6, 6.07) is 15.1. The number of hydrogen-bond acceptors (Lipinski definition) is 5. The number of hydrazone groups is 1. The summed E-state index contributed by atoms with van der Waals surface area (Å²) in [6.07, 6.45) is 3.71. The molecular formula is C18H14N4OS. The molecule has 2 aromatic carbocycles. The monoisotopic (exact) mass is 334 g/mol. The summed E-state index contributed by atoms with van der Waals surface area (Å²) in [6.45, 7) is 0. The second-order valence-electron chi connectivity index (χ2n) is 5.24. The number of nitrogens with one attached hydrogen (secondary N) is 2. The molecule has 0 spiro atoms. The largest absolute Gasteiger partial charge is 0.508 e. The zero-order chi connectivity index (χ0) is 16.4. The number of aromatic amines is 1. The Bertz CT molecular complexity index is 1000. The number of aromatic nitrogens is 2. The predicted octanol–water partition coefficient (Wildman–Crippen LogP) is 4.44. The lowest BCUT2D eigenvalue weighted by Crippen LogP contribution is -1.89. The van der Waals surface area contributed by atoms with Crippen LogP contribution in [-0.2, 0) is 0 Å². The van der Waals surface area contributed by atoms with E-state index in [1.807, 2.05) is 41.9 Å². The molecule has 0 unspecified atom stereocenters. The Balaban J connectivity index is 1.49. The molecule has 118 valence electrons. The number of aromatic hydroxyl groups is 1. The van der Waals surface area contributed by atoms with Crippen LogP contribution in [-0.4, -0.2) is 21.3 Å². The van der Waals surface area contributed by atoms with Gasteiger partial charge in [-0.15, -0.1) is 11.3 Å². The zero-order valence-corrected chi connectivity index (χ0v) is 13.4. The van der Waals surface area contributed by atoms with Crippen LogP contribution in [0.15, 0.2) is 65.2 Å². The van der Waals surface area contributed by atoms with Gasteiger partial charge in [0, 0.05) is 33.6 Å². The number of fused-ring (bicyclic) bond motifs is 1. The Kier molecular flexibility index (Phi) is 3.72. The third-order valence-corrected chi connectivity index (χ3v) is 4.40. The standard InChI is InChI=1S/C18H14N4OS/c23-14-7-5-12(6-8-14)17-11-24-18(21-17)22-20-10-13-9-19-16-4-2-1-3-15(13)16/h1-11,19,23H,(H,21,22)/b20-10+. The van der Waals surface area contributed by atoms with Crippen LogP contribution in [0.4, 0.5) is 5.13 Å². The minimum atomic E-state index is 0.246. The van der Waals surface area contributed by atoms with Crippen molar-refractivity contribution in [2.75, 3.05) is 5.43 Å². The molecular weight excluding hydrogens is 320 g/mol. The van der Waals surface area contributed by atoms with Gasteiger partial charge in [-0.1, -0.05) is 18.2 Å². The van der Waals surface area contributed by atoms with Crippen molar-refractivity contribution in [3.8, 4) is 17.0 Å². The maximum absolute atomic E-state index is 9.34. The van der Waals surface area contributed by atoms with Gasteiger partial charge in [-0.05, 0) is 30.3 Å². The third-order valence-electron chi connectivity index (χ3n) is 3.65. The average Bonchev–Trinajstić information content (AvgIpc) is 3.23. The van der Waals surface area contributed by atoms with E-state index >= 15 is 0 Å². The average molecular weight is 334 g/mol. The van der Waals surface area contributed by atoms with Crippen molar-refractivity contribution in [1.82, 2.24) is 9.97 Å². The summed E-state index contributed by atoms with van der Waals surface area (Å²) >= 11 is 1.48. The smallest absolute Gasteiger partial charge is 0.203 e. The van der Waals surface area contributed by atoms with E-state index in [-0.39, 0.29) is 5.75 Å². The lowest BCUT2D eigenvalue weighted by molar-refractivity contribution is 0.475. The summed E-state index contributed by atoms with van der Waals surface area (Å²) in [5.74, 6) is 0.246. The lowest BCUT2D eigenvalue weighted by Gasteiger charge is -1.96. The lowest BCUT2D eigenvalue weighted by atomic mass is 10.2. The fourth-order valence-corrected chi connectivity index (χ4v) is 3.12. The number of phenolic OH excluding ortho intramolecular Hbond substituents is 1. The zero-order valence-electron chi connectivity index (χ0n) is 12.6. The molecule has 4 aromatic rings. The Morgan fingerprint density at radius 3 is 2.83 bits per heavy atom. The minimum Gasteiger partial charge on any atom is -0.508 e. The first-order chi connectivity index (χ1) is 11.8. The Labute approximate surface area is 142 Å². The van der Waals surface area contributed by atoms with Gasteiger partial charge in [0.1, 0.15) is 5.75 Å². The molecule has 4 rings (SSSR count). The Morgan fingerprint density at radius 2 is 1.96 bits per heavy atom. The SMILES string of the molecule is Oc1ccc(-c2csc(N/N=C/c3c[nH]c4ccccc34)n2)cc1. The molecule has 0 atom stereocenters. The van der Waals surface area contributed by atoms with Gasteiger partial charge < -0.3 is 10.1 Å². The van der Waals surface area contributed by atoms with Gasteiger partial charge >= 0.3 is 0 Å². The fourth-order valence-electron chi connectivity index (χ4n) is 2.45. The Morgan fingerprint density at radius 1 is 1.12 bits per heavy atom. The van der Waals surface area contributed by atoms with E-state index in [0.29, 0.717) is 5.13 Å². The highest BCUT2D eigenvalue weighted by atomic mass is 32.1. The highest BCUT2D eigenvalue weighted by molar-refractivity contribution is 7.14. The van der Waals surface area contributed by atoms with Crippen LogP contribution in [0, 0.1) is 0 Å². The van der Waals surface area contributed by atoms with E-state index in [2.05, 4.69) is 26.6 Å². The number of nitrogens with zero attached hydrogens (tertiary/aromatic N) is 2. The molecule has 2 heterocycles. The van der Waals surface area contributed by atoms with Crippen LogP contribution in [0.2, 0.25) is 0 Å². The molecule has 3 N–H and O–H groups in total. The first-order valence-electron chi connectivity index (χ1n) is 7.40. The number of thiazole rings is 1. The van der Waals surface area contributed by atoms with Crippen LogP contribution in [0.25, 0.3) is 22.2 Å². The van der Waals surface area contributed by atoms with Crippen molar-refractivity contribution < 1.29 is 5.11 Å². The van der Waals surface area contributed by atoms with Gasteiger partial charge in [0.25, 0.3) is 0 Å². The number of rotatable bonds is 4. The molecule has 0 aliphatic carbocycles. The van der Waals surface area contributed by atoms with Gasteiger partial charge in [0.15, 0.2) is 0 Å². The van der Waals surface area contributed by atoms with E-state index in [1.165, 1.54) is 11.3 Å². The normalized spacial score (nSPS) is 11.3. The van der Waals surface area contributed by atoms with Crippen molar-refractivity contribution in [2.24, 2.45) is 5.10 Å². The number of phenols is 1. The molecule has 0 fully saturated rings. The summed E-state index contributed by atoms with van der Waals surface area (Å²) < 4.78 is 0. The molecule has 5 nitrogen and oxygen atoms in total. The molecule has 0 bridgehead atoms.